The molecule has 0 aliphatic carbocycles. The van der Waals surface area contributed by atoms with Crippen LogP contribution in [0.2, 0.25) is 0 Å². The number of hydrogen-bond donors (Lipinski definition) is 0. The summed E-state index contributed by atoms with van der Waals surface area (Å²) in [5.41, 5.74) is 1.87. The molecule has 2 heterocycles. The molecule has 226 valence electrons. The summed E-state index contributed by atoms with van der Waals surface area (Å²) in [6.45, 7) is 4.01. The van der Waals surface area contributed by atoms with Crippen molar-refractivity contribution in [3.63, 3.8) is 0 Å². The number of rotatable bonds is 8. The minimum absolute atomic E-state index is 0.0194. The van der Waals surface area contributed by atoms with Gasteiger partial charge in [0.15, 0.2) is 11.5 Å². The van der Waals surface area contributed by atoms with Gasteiger partial charge >= 0.3 is 18.9 Å². The third-order valence-electron chi connectivity index (χ3n) is 6.66. The fourth-order valence-electron chi connectivity index (χ4n) is 4.97. The summed E-state index contributed by atoms with van der Waals surface area (Å²) in [7, 11) is 0. The van der Waals surface area contributed by atoms with Crippen molar-refractivity contribution < 1.29 is 54.4 Å². The van der Waals surface area contributed by atoms with E-state index in [1.807, 2.05) is 4.90 Å². The van der Waals surface area contributed by atoms with Gasteiger partial charge in [0.25, 0.3) is 0 Å². The van der Waals surface area contributed by atoms with Crippen molar-refractivity contribution in [1.82, 2.24) is 0 Å². The fourth-order valence-corrected chi connectivity index (χ4v) is 4.97. The lowest BCUT2D eigenvalue weighted by Gasteiger charge is -2.40. The Kier molecular flexibility index (Phi) is 7.92. The monoisotopic (exact) mass is 601 g/mol. The molecule has 0 aromatic heterocycles. The number of ether oxygens (including phenoxy) is 5. The van der Waals surface area contributed by atoms with Gasteiger partial charge in [0.2, 0.25) is 0 Å². The Bertz CT molecular complexity index is 1420. The zero-order valence-corrected chi connectivity index (χ0v) is 22.3. The maximum atomic E-state index is 13.6. The van der Waals surface area contributed by atoms with Gasteiger partial charge in [-0.15, -0.1) is 13.2 Å². The van der Waals surface area contributed by atoms with E-state index in [4.69, 9.17) is 14.2 Å². The molecule has 0 bridgehead atoms. The third kappa shape index (κ3) is 6.67. The molecule has 3 aromatic carbocycles. The highest BCUT2D eigenvalue weighted by Gasteiger charge is 2.44. The van der Waals surface area contributed by atoms with Crippen molar-refractivity contribution in [2.45, 2.75) is 50.7 Å². The minimum Gasteiger partial charge on any atom is -0.488 e. The maximum absolute atomic E-state index is 13.6. The number of alkyl halides is 7. The van der Waals surface area contributed by atoms with Gasteiger partial charge < -0.3 is 28.6 Å². The minimum atomic E-state index is -4.87. The van der Waals surface area contributed by atoms with Crippen molar-refractivity contribution in [1.29, 1.82) is 0 Å². The van der Waals surface area contributed by atoms with Gasteiger partial charge in [-0.1, -0.05) is 36.4 Å². The largest absolute Gasteiger partial charge is 0.573 e. The van der Waals surface area contributed by atoms with Crippen LogP contribution in [0.1, 0.15) is 25.5 Å². The normalized spacial score (nSPS) is 20.3. The predicted octanol–water partition coefficient (Wildman–Crippen LogP) is 7.58. The molecule has 2 aliphatic heterocycles. The fraction of sp³-hybridized carbons (Fsp3) is 0.379. The molecule has 3 aromatic rings. The predicted molar refractivity (Wildman–Crippen MR) is 137 cm³/mol. The highest BCUT2D eigenvalue weighted by atomic mass is 19.4. The Hall–Kier alpha value is -3.71. The smallest absolute Gasteiger partial charge is 0.488 e. The summed E-state index contributed by atoms with van der Waals surface area (Å²) < 4.78 is 118. The van der Waals surface area contributed by atoms with Crippen LogP contribution in [0.25, 0.3) is 11.1 Å². The number of anilines is 1. The summed E-state index contributed by atoms with van der Waals surface area (Å²) in [5, 5.41) is 0. The van der Waals surface area contributed by atoms with Crippen LogP contribution in [0.15, 0.2) is 66.7 Å². The number of hydrogen-bond acceptors (Lipinski definition) is 6. The van der Waals surface area contributed by atoms with Crippen molar-refractivity contribution in [3.05, 3.63) is 72.3 Å². The van der Waals surface area contributed by atoms with E-state index < -0.39 is 48.3 Å². The van der Waals surface area contributed by atoms with Crippen LogP contribution in [0, 0.1) is 0 Å². The number of para-hydroxylation sites is 1. The molecule has 0 amide bonds. The van der Waals surface area contributed by atoms with Gasteiger partial charge in [0.05, 0.1) is 18.3 Å². The molecule has 1 unspecified atom stereocenters. The molecule has 13 heteroatoms. The molecule has 2 aliphatic rings. The van der Waals surface area contributed by atoms with Crippen LogP contribution >= 0.6 is 0 Å². The first-order valence-electron chi connectivity index (χ1n) is 12.9. The topological polar surface area (TPSA) is 49.4 Å². The van der Waals surface area contributed by atoms with Gasteiger partial charge in [0.1, 0.15) is 24.2 Å². The van der Waals surface area contributed by atoms with E-state index in [-0.39, 0.29) is 19.8 Å². The van der Waals surface area contributed by atoms with Gasteiger partial charge in [-0.25, -0.2) is 0 Å². The van der Waals surface area contributed by atoms with Crippen molar-refractivity contribution >= 4 is 5.69 Å². The van der Waals surface area contributed by atoms with E-state index in [2.05, 4.69) is 9.47 Å². The lowest BCUT2D eigenvalue weighted by molar-refractivity contribution is -0.274. The zero-order valence-electron chi connectivity index (χ0n) is 22.3. The SMILES string of the molecule is CC1(C)OCC(CN2c3cccc(-c4cccc(OC(F)(F)F)c4)c3OC[C@@H]2c2cccc(OC(F)(F)C(F)F)c2)O1. The van der Waals surface area contributed by atoms with Gasteiger partial charge in [-0.2, -0.15) is 17.6 Å². The zero-order chi connectivity index (χ0) is 30.3. The average molecular weight is 602 g/mol. The van der Waals surface area contributed by atoms with E-state index in [0.717, 1.165) is 6.07 Å². The summed E-state index contributed by atoms with van der Waals surface area (Å²) in [6, 6.07) is 15.4. The van der Waals surface area contributed by atoms with Gasteiger partial charge in [0, 0.05) is 12.1 Å². The Labute approximate surface area is 236 Å². The third-order valence-corrected chi connectivity index (χ3v) is 6.66. The van der Waals surface area contributed by atoms with E-state index in [0.29, 0.717) is 28.1 Å². The summed E-state index contributed by atoms with van der Waals surface area (Å²) in [6.07, 6.45) is -14.0. The molecule has 6 nitrogen and oxygen atoms in total. The van der Waals surface area contributed by atoms with Crippen molar-refractivity contribution in [2.24, 2.45) is 0 Å². The second kappa shape index (κ2) is 11.2. The number of fused-ring (bicyclic) bond motifs is 1. The molecule has 1 saturated heterocycles. The number of halogens is 7. The van der Waals surface area contributed by atoms with Crippen LogP contribution < -0.4 is 19.1 Å². The quantitative estimate of drug-likeness (QED) is 0.248. The first-order valence-corrected chi connectivity index (χ1v) is 12.9. The lowest BCUT2D eigenvalue weighted by atomic mass is 9.98. The van der Waals surface area contributed by atoms with Gasteiger partial charge in [-0.05, 0) is 55.3 Å². The van der Waals surface area contributed by atoms with E-state index in [1.54, 1.807) is 44.2 Å². The summed E-state index contributed by atoms with van der Waals surface area (Å²) in [5.74, 6) is -1.34. The van der Waals surface area contributed by atoms with Crippen molar-refractivity contribution in [2.75, 3.05) is 24.7 Å². The molecule has 42 heavy (non-hydrogen) atoms. The van der Waals surface area contributed by atoms with Crippen LogP contribution in [-0.2, 0) is 9.47 Å². The molecule has 0 spiro atoms. The molecule has 1 fully saturated rings. The Morgan fingerprint density at radius 1 is 0.905 bits per heavy atom. The van der Waals surface area contributed by atoms with E-state index >= 15 is 0 Å². The van der Waals surface area contributed by atoms with Gasteiger partial charge in [-0.3, -0.25) is 0 Å². The highest BCUT2D eigenvalue weighted by molar-refractivity contribution is 5.80. The Morgan fingerprint density at radius 3 is 2.26 bits per heavy atom. The van der Waals surface area contributed by atoms with Crippen LogP contribution in [0.3, 0.4) is 0 Å². The molecular formula is C29H26F7NO5. The van der Waals surface area contributed by atoms with E-state index in [1.165, 1.54) is 30.3 Å². The molecule has 0 radical (unpaired) electrons. The Balaban J connectivity index is 1.52. The van der Waals surface area contributed by atoms with Crippen LogP contribution in [0.5, 0.6) is 17.2 Å². The molecule has 2 atom stereocenters. The number of nitrogens with zero attached hydrogens (tertiary/aromatic N) is 1. The maximum Gasteiger partial charge on any atom is 0.573 e. The molecular weight excluding hydrogens is 575 g/mol. The molecule has 0 N–H and O–H groups in total. The van der Waals surface area contributed by atoms with Crippen molar-refractivity contribution in [3.8, 4) is 28.4 Å². The molecule has 5 rings (SSSR count). The molecule has 0 saturated carbocycles. The Morgan fingerprint density at radius 2 is 1.60 bits per heavy atom. The number of benzene rings is 3. The summed E-state index contributed by atoms with van der Waals surface area (Å²) in [4.78, 5) is 1.90. The first-order chi connectivity index (χ1) is 19.7. The van der Waals surface area contributed by atoms with Crippen LogP contribution in [0.4, 0.5) is 36.4 Å². The van der Waals surface area contributed by atoms with Crippen LogP contribution in [-0.4, -0.2) is 50.5 Å². The average Bonchev–Trinajstić information content (AvgIpc) is 3.25. The second-order valence-electron chi connectivity index (χ2n) is 10.2. The summed E-state index contributed by atoms with van der Waals surface area (Å²) >= 11 is 0. The lowest BCUT2D eigenvalue weighted by Crippen LogP contribution is -2.42. The first kappa shape index (κ1) is 29.8. The highest BCUT2D eigenvalue weighted by Crippen LogP contribution is 2.46. The standard InChI is InChI=1S/C29H26F7NO5/c1-27(2)39-15-21(40-27)14-37-23-11-5-10-22(17-6-3-9-20(12-17)42-29(34,35)36)25(23)38-16-24(37)18-7-4-8-19(13-18)41-28(32,33)26(30)31/h3-13,21,24,26H,14-16H2,1-2H3/t21?,24-/m1/s1. The second-order valence-corrected chi connectivity index (χ2v) is 10.2. The van der Waals surface area contributed by atoms with E-state index in [9.17, 15) is 30.7 Å².